The minimum absolute atomic E-state index is 0.125. The topological polar surface area (TPSA) is 91.5 Å². The molecule has 1 aromatic heterocycles. The molecule has 2 aliphatic heterocycles. The van der Waals surface area contributed by atoms with E-state index in [0.29, 0.717) is 5.95 Å². The van der Waals surface area contributed by atoms with E-state index in [4.69, 9.17) is 14.5 Å². The van der Waals surface area contributed by atoms with Crippen molar-refractivity contribution in [2.75, 3.05) is 64.9 Å². The van der Waals surface area contributed by atoms with Gasteiger partial charge in [-0.05, 0) is 17.7 Å². The van der Waals surface area contributed by atoms with Crippen LogP contribution in [0.15, 0.2) is 35.1 Å². The Bertz CT molecular complexity index is 865. The number of hydrogen-bond acceptors (Lipinski definition) is 7. The van der Waals surface area contributed by atoms with Crippen LogP contribution in [0, 0.1) is 0 Å². The molecule has 8 heteroatoms. The molecule has 0 saturated carbocycles. The molecule has 2 fully saturated rings. The van der Waals surface area contributed by atoms with Crippen molar-refractivity contribution in [3.8, 4) is 5.75 Å². The molecule has 3 heterocycles. The molecule has 0 spiro atoms. The average molecular weight is 399 g/mol. The number of hydrogen-bond donors (Lipinski definition) is 3. The SMILES string of the molecule is COc1cccc([C@@H]2CNC[C@H]2c2cc(=O)[nH]c(NCCN3CCOCC3)n2)c1. The largest absolute Gasteiger partial charge is 0.497 e. The highest BCUT2D eigenvalue weighted by molar-refractivity contribution is 5.36. The summed E-state index contributed by atoms with van der Waals surface area (Å²) in [7, 11) is 1.68. The summed E-state index contributed by atoms with van der Waals surface area (Å²) >= 11 is 0. The van der Waals surface area contributed by atoms with Crippen LogP contribution >= 0.6 is 0 Å². The Labute approximate surface area is 170 Å². The third kappa shape index (κ3) is 4.95. The highest BCUT2D eigenvalue weighted by atomic mass is 16.5. The molecule has 0 radical (unpaired) electrons. The van der Waals surface area contributed by atoms with Gasteiger partial charge in [-0.25, -0.2) is 4.98 Å². The van der Waals surface area contributed by atoms with Gasteiger partial charge in [0.05, 0.1) is 26.0 Å². The molecule has 29 heavy (non-hydrogen) atoms. The maximum atomic E-state index is 12.3. The second-order valence-corrected chi connectivity index (χ2v) is 7.55. The van der Waals surface area contributed by atoms with Crippen molar-refractivity contribution in [3.05, 3.63) is 51.9 Å². The lowest BCUT2D eigenvalue weighted by Gasteiger charge is -2.26. The minimum atomic E-state index is -0.125. The van der Waals surface area contributed by atoms with Gasteiger partial charge in [-0.15, -0.1) is 0 Å². The van der Waals surface area contributed by atoms with Gasteiger partial charge in [-0.2, -0.15) is 0 Å². The van der Waals surface area contributed by atoms with Gasteiger partial charge in [0.15, 0.2) is 0 Å². The summed E-state index contributed by atoms with van der Waals surface area (Å²) in [6.45, 7) is 6.74. The fourth-order valence-electron chi connectivity index (χ4n) is 4.12. The molecular weight excluding hydrogens is 370 g/mol. The van der Waals surface area contributed by atoms with Crippen molar-refractivity contribution in [1.29, 1.82) is 0 Å². The molecule has 8 nitrogen and oxygen atoms in total. The first-order chi connectivity index (χ1) is 14.2. The Hall–Kier alpha value is -2.42. The lowest BCUT2D eigenvalue weighted by atomic mass is 9.86. The quantitative estimate of drug-likeness (QED) is 0.640. The molecule has 2 aliphatic rings. The number of rotatable bonds is 7. The molecule has 0 aliphatic carbocycles. The molecule has 156 valence electrons. The number of anilines is 1. The third-order valence-corrected chi connectivity index (χ3v) is 5.70. The van der Waals surface area contributed by atoms with E-state index in [2.05, 4.69) is 32.7 Å². The van der Waals surface area contributed by atoms with E-state index in [1.54, 1.807) is 13.2 Å². The standard InChI is InChI=1S/C21H29N5O3/c1-28-16-4-2-3-15(11-16)17-13-22-14-18(17)19-12-20(27)25-21(24-19)23-5-6-26-7-9-29-10-8-26/h2-4,11-12,17-18,22H,5-10,13-14H2,1H3,(H2,23,24,25,27)/t17-,18+/m0/s1. The van der Waals surface area contributed by atoms with Gasteiger partial charge in [0.1, 0.15) is 5.75 Å². The number of ether oxygens (including phenoxy) is 2. The summed E-state index contributed by atoms with van der Waals surface area (Å²) in [4.78, 5) is 22.2. The fraction of sp³-hybridized carbons (Fsp3) is 0.524. The summed E-state index contributed by atoms with van der Waals surface area (Å²) in [5.41, 5.74) is 1.89. The predicted molar refractivity (Wildman–Crippen MR) is 112 cm³/mol. The zero-order valence-corrected chi connectivity index (χ0v) is 16.8. The smallest absolute Gasteiger partial charge is 0.252 e. The zero-order valence-electron chi connectivity index (χ0n) is 16.8. The zero-order chi connectivity index (χ0) is 20.1. The number of aromatic nitrogens is 2. The third-order valence-electron chi connectivity index (χ3n) is 5.70. The second-order valence-electron chi connectivity index (χ2n) is 7.55. The van der Waals surface area contributed by atoms with Gasteiger partial charge in [0.25, 0.3) is 5.56 Å². The molecule has 4 rings (SSSR count). The van der Waals surface area contributed by atoms with Crippen LogP contribution in [0.3, 0.4) is 0 Å². The number of nitrogens with zero attached hydrogens (tertiary/aromatic N) is 2. The van der Waals surface area contributed by atoms with Gasteiger partial charge in [0, 0.05) is 57.2 Å². The lowest BCUT2D eigenvalue weighted by Crippen LogP contribution is -2.39. The Kier molecular flexibility index (Phi) is 6.43. The van der Waals surface area contributed by atoms with E-state index in [1.807, 2.05) is 12.1 Å². The van der Waals surface area contributed by atoms with Crippen LogP contribution in [-0.2, 0) is 4.74 Å². The Morgan fingerprint density at radius 2 is 2.07 bits per heavy atom. The van der Waals surface area contributed by atoms with Crippen LogP contribution in [0.2, 0.25) is 0 Å². The number of nitrogens with one attached hydrogen (secondary N) is 3. The van der Waals surface area contributed by atoms with Crippen molar-refractivity contribution in [1.82, 2.24) is 20.2 Å². The first kappa shape index (κ1) is 19.9. The van der Waals surface area contributed by atoms with Crippen molar-refractivity contribution in [3.63, 3.8) is 0 Å². The summed E-state index contributed by atoms with van der Waals surface area (Å²) in [6, 6.07) is 9.76. The van der Waals surface area contributed by atoms with Gasteiger partial charge < -0.3 is 20.1 Å². The number of methoxy groups -OCH3 is 1. The molecule has 0 bridgehead atoms. The highest BCUT2D eigenvalue weighted by Gasteiger charge is 2.31. The Morgan fingerprint density at radius 3 is 2.90 bits per heavy atom. The Balaban J connectivity index is 1.46. The molecule has 2 atom stereocenters. The molecule has 1 aromatic carbocycles. The predicted octanol–water partition coefficient (Wildman–Crippen LogP) is 0.993. The van der Waals surface area contributed by atoms with Crippen LogP contribution in [0.25, 0.3) is 0 Å². The number of benzene rings is 1. The first-order valence-corrected chi connectivity index (χ1v) is 10.2. The number of aromatic amines is 1. The second kappa shape index (κ2) is 9.39. The van der Waals surface area contributed by atoms with Crippen LogP contribution in [0.5, 0.6) is 5.75 Å². The van der Waals surface area contributed by atoms with Gasteiger partial charge in [-0.1, -0.05) is 12.1 Å². The summed E-state index contributed by atoms with van der Waals surface area (Å²) in [5.74, 6) is 1.78. The maximum Gasteiger partial charge on any atom is 0.252 e. The lowest BCUT2D eigenvalue weighted by molar-refractivity contribution is 0.0398. The van der Waals surface area contributed by atoms with Crippen molar-refractivity contribution >= 4 is 5.95 Å². The van der Waals surface area contributed by atoms with Crippen LogP contribution in [0.1, 0.15) is 23.1 Å². The summed E-state index contributed by atoms with van der Waals surface area (Å²) in [6.07, 6.45) is 0. The molecule has 0 amide bonds. The molecule has 3 N–H and O–H groups in total. The van der Waals surface area contributed by atoms with E-state index in [9.17, 15) is 4.79 Å². The van der Waals surface area contributed by atoms with Crippen molar-refractivity contribution < 1.29 is 9.47 Å². The van der Waals surface area contributed by atoms with Crippen LogP contribution < -0.4 is 20.9 Å². The van der Waals surface area contributed by atoms with Crippen molar-refractivity contribution in [2.45, 2.75) is 11.8 Å². The first-order valence-electron chi connectivity index (χ1n) is 10.2. The number of morpholine rings is 1. The van der Waals surface area contributed by atoms with Gasteiger partial charge in [-0.3, -0.25) is 14.7 Å². The van der Waals surface area contributed by atoms with E-state index < -0.39 is 0 Å². The van der Waals surface area contributed by atoms with E-state index in [0.717, 1.165) is 63.9 Å². The summed E-state index contributed by atoms with van der Waals surface area (Å²) < 4.78 is 10.8. The van der Waals surface area contributed by atoms with E-state index in [-0.39, 0.29) is 17.4 Å². The monoisotopic (exact) mass is 399 g/mol. The molecular formula is C21H29N5O3. The summed E-state index contributed by atoms with van der Waals surface area (Å²) in [5, 5.41) is 6.73. The minimum Gasteiger partial charge on any atom is -0.497 e. The van der Waals surface area contributed by atoms with Crippen molar-refractivity contribution in [2.24, 2.45) is 0 Å². The fourth-order valence-corrected chi connectivity index (χ4v) is 4.12. The van der Waals surface area contributed by atoms with E-state index in [1.165, 1.54) is 5.56 Å². The maximum absolute atomic E-state index is 12.3. The normalized spacial score (nSPS) is 22.5. The van der Waals surface area contributed by atoms with Gasteiger partial charge >= 0.3 is 0 Å². The number of H-pyrrole nitrogens is 1. The van der Waals surface area contributed by atoms with Crippen LogP contribution in [0.4, 0.5) is 5.95 Å². The molecule has 2 saturated heterocycles. The highest BCUT2D eigenvalue weighted by Crippen LogP contribution is 2.36. The molecule has 0 unspecified atom stereocenters. The molecule has 2 aromatic rings. The van der Waals surface area contributed by atoms with E-state index >= 15 is 0 Å². The Morgan fingerprint density at radius 1 is 1.24 bits per heavy atom. The van der Waals surface area contributed by atoms with Crippen LogP contribution in [-0.4, -0.2) is 74.5 Å². The van der Waals surface area contributed by atoms with Gasteiger partial charge in [0.2, 0.25) is 5.95 Å². The average Bonchev–Trinajstić information content (AvgIpc) is 3.24.